The van der Waals surface area contributed by atoms with E-state index in [4.69, 9.17) is 0 Å². The molecular weight excluding hydrogens is 357 g/mol. The fourth-order valence-corrected chi connectivity index (χ4v) is 3.42. The number of benzene rings is 1. The lowest BCUT2D eigenvalue weighted by molar-refractivity contribution is 0.637. The Balaban J connectivity index is 1.46. The molecule has 7 nitrogen and oxygen atoms in total. The van der Waals surface area contributed by atoms with E-state index in [0.717, 1.165) is 40.1 Å². The van der Waals surface area contributed by atoms with Crippen LogP contribution in [-0.2, 0) is 6.42 Å². The van der Waals surface area contributed by atoms with Crippen LogP contribution < -0.4 is 10.6 Å². The van der Waals surface area contributed by atoms with Crippen LogP contribution in [0.25, 0.3) is 10.9 Å². The number of rotatable bonds is 6. The molecule has 0 aliphatic carbocycles. The first kappa shape index (κ1) is 18.0. The molecule has 0 unspecified atom stereocenters. The van der Waals surface area contributed by atoms with E-state index in [1.807, 2.05) is 39.0 Å². The lowest BCUT2D eigenvalue weighted by Crippen LogP contribution is -2.08. The Hall–Kier alpha value is -3.42. The number of nitrogens with one attached hydrogen (secondary N) is 4. The summed E-state index contributed by atoms with van der Waals surface area (Å²) in [7, 11) is 0. The number of nitrogens with zero attached hydrogens (tertiary/aromatic N) is 3. The van der Waals surface area contributed by atoms with Crippen LogP contribution in [0.5, 0.6) is 0 Å². The van der Waals surface area contributed by atoms with Crippen LogP contribution in [0.1, 0.15) is 22.5 Å². The van der Waals surface area contributed by atoms with Gasteiger partial charge in [-0.3, -0.25) is 5.10 Å². The third-order valence-electron chi connectivity index (χ3n) is 4.75. The Kier molecular flexibility index (Phi) is 4.68. The van der Waals surface area contributed by atoms with Crippen molar-refractivity contribution < 1.29 is 4.39 Å². The molecule has 0 saturated heterocycles. The van der Waals surface area contributed by atoms with Gasteiger partial charge in [-0.05, 0) is 44.4 Å². The van der Waals surface area contributed by atoms with Crippen molar-refractivity contribution in [3.63, 3.8) is 0 Å². The highest BCUT2D eigenvalue weighted by atomic mass is 19.1. The van der Waals surface area contributed by atoms with E-state index in [-0.39, 0.29) is 5.82 Å². The molecule has 0 atom stereocenters. The first-order chi connectivity index (χ1) is 13.5. The number of aromatic nitrogens is 5. The highest BCUT2D eigenvalue weighted by Gasteiger charge is 2.13. The second-order valence-corrected chi connectivity index (χ2v) is 6.86. The van der Waals surface area contributed by atoms with Crippen molar-refractivity contribution in [2.45, 2.75) is 27.2 Å². The summed E-state index contributed by atoms with van der Waals surface area (Å²) in [4.78, 5) is 11.7. The summed E-state index contributed by atoms with van der Waals surface area (Å²) in [5, 5.41) is 14.4. The number of hydrogen-bond acceptors (Lipinski definition) is 5. The maximum absolute atomic E-state index is 14.1. The summed E-state index contributed by atoms with van der Waals surface area (Å²) in [6.07, 6.45) is 2.26. The predicted molar refractivity (Wildman–Crippen MR) is 109 cm³/mol. The average Bonchev–Trinajstić information content (AvgIpc) is 3.22. The summed E-state index contributed by atoms with van der Waals surface area (Å²) >= 11 is 0. The van der Waals surface area contributed by atoms with Gasteiger partial charge >= 0.3 is 0 Å². The van der Waals surface area contributed by atoms with Crippen molar-refractivity contribution >= 4 is 28.4 Å². The third kappa shape index (κ3) is 3.53. The molecule has 3 heterocycles. The van der Waals surface area contributed by atoms with E-state index in [1.54, 1.807) is 0 Å². The Labute approximate surface area is 161 Å². The molecule has 3 aromatic heterocycles. The zero-order valence-corrected chi connectivity index (χ0v) is 16.0. The molecular formula is C20H22FN7. The van der Waals surface area contributed by atoms with Crippen LogP contribution in [0.15, 0.2) is 30.6 Å². The summed E-state index contributed by atoms with van der Waals surface area (Å²) < 4.78 is 14.1. The fourth-order valence-electron chi connectivity index (χ4n) is 3.42. The Morgan fingerprint density at radius 3 is 2.68 bits per heavy atom. The number of fused-ring (bicyclic) bond motifs is 1. The Bertz CT molecular complexity index is 1130. The minimum atomic E-state index is -0.219. The number of aryl methyl sites for hydroxylation is 3. The molecule has 4 rings (SSSR count). The van der Waals surface area contributed by atoms with E-state index in [0.29, 0.717) is 23.7 Å². The van der Waals surface area contributed by atoms with Crippen molar-refractivity contribution in [3.05, 3.63) is 58.9 Å². The van der Waals surface area contributed by atoms with Gasteiger partial charge in [-0.2, -0.15) is 5.10 Å². The molecule has 4 aromatic rings. The molecule has 0 radical (unpaired) electrons. The van der Waals surface area contributed by atoms with Gasteiger partial charge in [0, 0.05) is 29.8 Å². The van der Waals surface area contributed by atoms with Crippen molar-refractivity contribution in [1.29, 1.82) is 0 Å². The SMILES string of the molecule is Cc1cc(Nc2cc(NCCc3c(C)[nH]c4c(F)ccc(C)c34)ncn2)[nH]n1. The Morgan fingerprint density at radius 1 is 1.07 bits per heavy atom. The molecule has 0 aliphatic heterocycles. The molecule has 0 aliphatic rings. The van der Waals surface area contributed by atoms with Gasteiger partial charge in [0.25, 0.3) is 0 Å². The fraction of sp³-hybridized carbons (Fsp3) is 0.250. The van der Waals surface area contributed by atoms with E-state index in [9.17, 15) is 4.39 Å². The standard InChI is InChI=1S/C20H22FN7/c1-11-4-5-15(21)20-19(11)14(13(3)25-20)6-7-22-16-9-17(24-10-23-16)26-18-8-12(2)27-28-18/h4-5,8-10,25H,6-7H2,1-3H3,(H3,22,23,24,26,27,28). The second-order valence-electron chi connectivity index (χ2n) is 6.86. The van der Waals surface area contributed by atoms with Crippen LogP contribution in [0.4, 0.5) is 21.8 Å². The number of hydrogen-bond donors (Lipinski definition) is 4. The van der Waals surface area contributed by atoms with Gasteiger partial charge in [0.1, 0.15) is 29.6 Å². The van der Waals surface area contributed by atoms with Crippen molar-refractivity contribution in [3.8, 4) is 0 Å². The number of H-pyrrole nitrogens is 2. The van der Waals surface area contributed by atoms with Gasteiger partial charge < -0.3 is 15.6 Å². The smallest absolute Gasteiger partial charge is 0.147 e. The first-order valence-electron chi connectivity index (χ1n) is 9.12. The Morgan fingerprint density at radius 2 is 1.89 bits per heavy atom. The number of aromatic amines is 2. The second kappa shape index (κ2) is 7.30. The molecule has 1 aromatic carbocycles. The van der Waals surface area contributed by atoms with Crippen LogP contribution in [-0.4, -0.2) is 31.7 Å². The minimum absolute atomic E-state index is 0.219. The molecule has 0 fully saturated rings. The van der Waals surface area contributed by atoms with E-state index in [2.05, 4.69) is 35.8 Å². The van der Waals surface area contributed by atoms with E-state index < -0.39 is 0 Å². The molecule has 0 amide bonds. The summed E-state index contributed by atoms with van der Waals surface area (Å²) in [5.41, 5.74) is 4.66. The molecule has 8 heteroatoms. The normalized spacial score (nSPS) is 11.1. The quantitative estimate of drug-likeness (QED) is 0.404. The first-order valence-corrected chi connectivity index (χ1v) is 9.12. The minimum Gasteiger partial charge on any atom is -0.370 e. The van der Waals surface area contributed by atoms with Crippen LogP contribution >= 0.6 is 0 Å². The largest absolute Gasteiger partial charge is 0.370 e. The van der Waals surface area contributed by atoms with Crippen molar-refractivity contribution in [2.24, 2.45) is 0 Å². The monoisotopic (exact) mass is 379 g/mol. The molecule has 0 bridgehead atoms. The highest BCUT2D eigenvalue weighted by Crippen LogP contribution is 2.28. The molecule has 28 heavy (non-hydrogen) atoms. The van der Waals surface area contributed by atoms with E-state index in [1.165, 1.54) is 12.4 Å². The average molecular weight is 379 g/mol. The van der Waals surface area contributed by atoms with Gasteiger partial charge in [-0.25, -0.2) is 14.4 Å². The number of anilines is 3. The topological polar surface area (TPSA) is 94.3 Å². The maximum atomic E-state index is 14.1. The zero-order valence-electron chi connectivity index (χ0n) is 16.0. The van der Waals surface area contributed by atoms with Gasteiger partial charge in [0.05, 0.1) is 11.2 Å². The van der Waals surface area contributed by atoms with Crippen molar-refractivity contribution in [2.75, 3.05) is 17.2 Å². The van der Waals surface area contributed by atoms with Crippen LogP contribution in [0.2, 0.25) is 0 Å². The number of halogens is 1. The molecule has 0 spiro atoms. The predicted octanol–water partition coefficient (Wildman–Crippen LogP) is 4.14. The molecule has 4 N–H and O–H groups in total. The molecule has 144 valence electrons. The summed E-state index contributed by atoms with van der Waals surface area (Å²) in [5.74, 6) is 1.94. The van der Waals surface area contributed by atoms with E-state index >= 15 is 0 Å². The summed E-state index contributed by atoms with van der Waals surface area (Å²) in [6.45, 7) is 6.57. The third-order valence-corrected chi connectivity index (χ3v) is 4.75. The van der Waals surface area contributed by atoms with Gasteiger partial charge in [0.15, 0.2) is 0 Å². The lowest BCUT2D eigenvalue weighted by Gasteiger charge is -2.08. The summed E-state index contributed by atoms with van der Waals surface area (Å²) in [6, 6.07) is 7.06. The lowest BCUT2D eigenvalue weighted by atomic mass is 10.0. The van der Waals surface area contributed by atoms with Gasteiger partial charge in [-0.1, -0.05) is 6.07 Å². The highest BCUT2D eigenvalue weighted by molar-refractivity contribution is 5.88. The maximum Gasteiger partial charge on any atom is 0.147 e. The van der Waals surface area contributed by atoms with Crippen LogP contribution in [0, 0.1) is 26.6 Å². The van der Waals surface area contributed by atoms with Crippen LogP contribution in [0.3, 0.4) is 0 Å². The zero-order chi connectivity index (χ0) is 19.7. The van der Waals surface area contributed by atoms with Gasteiger partial charge in [0.2, 0.25) is 0 Å². The van der Waals surface area contributed by atoms with Crippen molar-refractivity contribution in [1.82, 2.24) is 25.1 Å². The van der Waals surface area contributed by atoms with Gasteiger partial charge in [-0.15, -0.1) is 0 Å². The molecule has 0 saturated carbocycles.